The van der Waals surface area contributed by atoms with Crippen LogP contribution < -0.4 is 9.80 Å². The summed E-state index contributed by atoms with van der Waals surface area (Å²) in [4.78, 5) is 23.3. The summed E-state index contributed by atoms with van der Waals surface area (Å²) >= 11 is 0. The molecule has 3 aliphatic heterocycles. The summed E-state index contributed by atoms with van der Waals surface area (Å²) in [6.45, 7) is 2.74. The van der Waals surface area contributed by atoms with Crippen molar-refractivity contribution in [2.45, 2.75) is 24.9 Å². The number of para-hydroxylation sites is 1. The van der Waals surface area contributed by atoms with E-state index in [4.69, 9.17) is 0 Å². The topological polar surface area (TPSA) is 39.7 Å². The second kappa shape index (κ2) is 6.06. The van der Waals surface area contributed by atoms with Gasteiger partial charge in [0.1, 0.15) is 0 Å². The Hall–Kier alpha value is -2.47. The highest BCUT2D eigenvalue weighted by molar-refractivity contribution is 5.96. The maximum absolute atomic E-state index is 14.0. The molecule has 6 heteroatoms. The first-order chi connectivity index (χ1) is 12.7. The Balaban J connectivity index is 1.26. The van der Waals surface area contributed by atoms with Gasteiger partial charge >= 0.3 is 0 Å². The van der Waals surface area contributed by atoms with Crippen LogP contribution in [-0.4, -0.2) is 54.1 Å². The molecule has 2 saturated heterocycles. The molecule has 1 amide bonds. The Morgan fingerprint density at radius 2 is 2.04 bits per heavy atom. The zero-order valence-electron chi connectivity index (χ0n) is 14.5. The second-order valence-electron chi connectivity index (χ2n) is 7.36. The molecule has 0 saturated carbocycles. The minimum atomic E-state index is -0.267. The number of likely N-dealkylation sites (tertiary alicyclic amines) is 1. The van der Waals surface area contributed by atoms with Crippen molar-refractivity contribution in [3.8, 4) is 0 Å². The maximum Gasteiger partial charge on any atom is 0.241 e. The molecule has 134 valence electrons. The molecule has 0 N–H and O–H groups in total. The molecule has 3 aliphatic rings. The molecule has 26 heavy (non-hydrogen) atoms. The van der Waals surface area contributed by atoms with E-state index in [9.17, 15) is 9.18 Å². The van der Waals surface area contributed by atoms with Crippen LogP contribution in [0.2, 0.25) is 0 Å². The first-order valence-electron chi connectivity index (χ1n) is 9.20. The third kappa shape index (κ3) is 2.48. The molecule has 4 heterocycles. The number of amides is 1. The molecule has 5 rings (SSSR count). The SMILES string of the molecule is O=C(CN1CC2CC1CN2c1ncccc1F)N1CCc2ccccc21. The Labute approximate surface area is 152 Å². The summed E-state index contributed by atoms with van der Waals surface area (Å²) in [6, 6.07) is 11.7. The minimum absolute atomic E-state index is 0.165. The van der Waals surface area contributed by atoms with Gasteiger partial charge < -0.3 is 9.80 Å². The number of nitrogens with zero attached hydrogens (tertiary/aromatic N) is 4. The molecule has 2 unspecified atom stereocenters. The van der Waals surface area contributed by atoms with E-state index in [1.165, 1.54) is 11.6 Å². The maximum atomic E-state index is 14.0. The van der Waals surface area contributed by atoms with Crippen LogP contribution in [-0.2, 0) is 11.2 Å². The zero-order valence-corrected chi connectivity index (χ0v) is 14.5. The molecule has 5 nitrogen and oxygen atoms in total. The van der Waals surface area contributed by atoms with Gasteiger partial charge in [-0.1, -0.05) is 18.2 Å². The molecule has 2 bridgehead atoms. The molecular weight excluding hydrogens is 331 g/mol. The number of hydrogen-bond acceptors (Lipinski definition) is 4. The number of carbonyl (C=O) groups is 1. The normalized spacial score (nSPS) is 24.3. The lowest BCUT2D eigenvalue weighted by Gasteiger charge is -2.35. The van der Waals surface area contributed by atoms with Crippen molar-refractivity contribution < 1.29 is 9.18 Å². The average Bonchev–Trinajstić information content (AvgIpc) is 3.35. The summed E-state index contributed by atoms with van der Waals surface area (Å²) in [5.74, 6) is 0.342. The third-order valence-electron chi connectivity index (χ3n) is 5.89. The predicted molar refractivity (Wildman–Crippen MR) is 97.8 cm³/mol. The summed E-state index contributed by atoms with van der Waals surface area (Å²) < 4.78 is 14.0. The Morgan fingerprint density at radius 3 is 2.85 bits per heavy atom. The number of anilines is 2. The van der Waals surface area contributed by atoms with Crippen LogP contribution in [0.1, 0.15) is 12.0 Å². The number of pyridine rings is 1. The van der Waals surface area contributed by atoms with Crippen molar-refractivity contribution >= 4 is 17.4 Å². The van der Waals surface area contributed by atoms with Gasteiger partial charge in [-0.3, -0.25) is 9.69 Å². The standard InChI is InChI=1S/C20H21FN4O/c21-17-5-3-8-22-20(17)25-12-15-10-16(25)11-23(15)13-19(26)24-9-7-14-4-1-2-6-18(14)24/h1-6,8,15-16H,7,9-13H2. The summed E-state index contributed by atoms with van der Waals surface area (Å²) in [5.41, 5.74) is 2.31. The summed E-state index contributed by atoms with van der Waals surface area (Å²) in [7, 11) is 0. The Bertz CT molecular complexity index is 857. The van der Waals surface area contributed by atoms with Gasteiger partial charge in [0.05, 0.1) is 6.54 Å². The largest absolute Gasteiger partial charge is 0.348 e. The summed E-state index contributed by atoms with van der Waals surface area (Å²) in [5, 5.41) is 0. The van der Waals surface area contributed by atoms with E-state index in [1.54, 1.807) is 12.3 Å². The fourth-order valence-corrected chi connectivity index (χ4v) is 4.65. The number of piperazine rings is 1. The second-order valence-corrected chi connectivity index (χ2v) is 7.36. The summed E-state index contributed by atoms with van der Waals surface area (Å²) in [6.07, 6.45) is 3.54. The minimum Gasteiger partial charge on any atom is -0.348 e. The van der Waals surface area contributed by atoms with E-state index in [2.05, 4.69) is 20.9 Å². The number of rotatable bonds is 3. The van der Waals surface area contributed by atoms with E-state index in [-0.39, 0.29) is 17.8 Å². The van der Waals surface area contributed by atoms with Crippen LogP contribution in [0.3, 0.4) is 0 Å². The van der Waals surface area contributed by atoms with Crippen LogP contribution in [0.15, 0.2) is 42.6 Å². The highest BCUT2D eigenvalue weighted by Crippen LogP contribution is 2.35. The molecule has 1 aromatic heterocycles. The van der Waals surface area contributed by atoms with E-state index in [0.717, 1.165) is 38.2 Å². The van der Waals surface area contributed by atoms with Crippen molar-refractivity contribution in [3.05, 3.63) is 54.0 Å². The Morgan fingerprint density at radius 1 is 1.15 bits per heavy atom. The van der Waals surface area contributed by atoms with Gasteiger partial charge in [0.2, 0.25) is 5.91 Å². The number of hydrogen-bond donors (Lipinski definition) is 0. The highest BCUT2D eigenvalue weighted by Gasteiger charge is 2.45. The van der Waals surface area contributed by atoms with Gasteiger partial charge in [-0.2, -0.15) is 0 Å². The van der Waals surface area contributed by atoms with Crippen molar-refractivity contribution in [1.29, 1.82) is 0 Å². The first-order valence-corrected chi connectivity index (χ1v) is 9.20. The lowest BCUT2D eigenvalue weighted by atomic mass is 10.2. The number of benzene rings is 1. The van der Waals surface area contributed by atoms with E-state index in [1.807, 2.05) is 23.1 Å². The van der Waals surface area contributed by atoms with E-state index in [0.29, 0.717) is 18.4 Å². The van der Waals surface area contributed by atoms with Crippen LogP contribution in [0.25, 0.3) is 0 Å². The number of aromatic nitrogens is 1. The van der Waals surface area contributed by atoms with Crippen molar-refractivity contribution in [2.75, 3.05) is 36.0 Å². The predicted octanol–water partition coefficient (Wildman–Crippen LogP) is 2.07. The van der Waals surface area contributed by atoms with Crippen molar-refractivity contribution in [3.63, 3.8) is 0 Å². The smallest absolute Gasteiger partial charge is 0.241 e. The molecular formula is C20H21FN4O. The Kier molecular flexibility index (Phi) is 3.67. The zero-order chi connectivity index (χ0) is 17.7. The fourth-order valence-electron chi connectivity index (χ4n) is 4.65. The van der Waals surface area contributed by atoms with Gasteiger partial charge in [-0.15, -0.1) is 0 Å². The quantitative estimate of drug-likeness (QED) is 0.848. The monoisotopic (exact) mass is 352 g/mol. The molecule has 2 aromatic rings. The van der Waals surface area contributed by atoms with Crippen molar-refractivity contribution in [1.82, 2.24) is 9.88 Å². The van der Waals surface area contributed by atoms with Crippen LogP contribution in [0.4, 0.5) is 15.9 Å². The molecule has 2 atom stereocenters. The molecule has 0 aliphatic carbocycles. The van der Waals surface area contributed by atoms with Gasteiger partial charge in [-0.05, 0) is 36.6 Å². The van der Waals surface area contributed by atoms with E-state index < -0.39 is 0 Å². The first kappa shape index (κ1) is 15.8. The van der Waals surface area contributed by atoms with Gasteiger partial charge in [0.25, 0.3) is 0 Å². The highest BCUT2D eigenvalue weighted by atomic mass is 19.1. The lowest BCUT2D eigenvalue weighted by molar-refractivity contribution is -0.119. The molecule has 2 fully saturated rings. The van der Waals surface area contributed by atoms with Crippen LogP contribution >= 0.6 is 0 Å². The molecule has 1 aromatic carbocycles. The van der Waals surface area contributed by atoms with E-state index >= 15 is 0 Å². The van der Waals surface area contributed by atoms with Gasteiger partial charge in [0.15, 0.2) is 11.6 Å². The molecule has 0 radical (unpaired) electrons. The number of carbonyl (C=O) groups excluding carboxylic acids is 1. The van der Waals surface area contributed by atoms with Crippen molar-refractivity contribution in [2.24, 2.45) is 0 Å². The third-order valence-corrected chi connectivity index (χ3v) is 5.89. The van der Waals surface area contributed by atoms with Crippen LogP contribution in [0.5, 0.6) is 0 Å². The lowest BCUT2D eigenvalue weighted by Crippen LogP contribution is -2.50. The van der Waals surface area contributed by atoms with Gasteiger partial charge in [0, 0.05) is 43.6 Å². The van der Waals surface area contributed by atoms with Gasteiger partial charge in [-0.25, -0.2) is 9.37 Å². The average molecular weight is 352 g/mol. The number of fused-ring (bicyclic) bond motifs is 3. The van der Waals surface area contributed by atoms with Crippen LogP contribution in [0, 0.1) is 5.82 Å². The number of halogens is 1. The molecule has 0 spiro atoms. The fraction of sp³-hybridized carbons (Fsp3) is 0.400.